The number of para-hydroxylation sites is 1. The molecule has 166 valence electrons. The summed E-state index contributed by atoms with van der Waals surface area (Å²) in [5, 5.41) is 18.2. The first-order valence-corrected chi connectivity index (χ1v) is 10.7. The summed E-state index contributed by atoms with van der Waals surface area (Å²) >= 11 is 0. The zero-order chi connectivity index (χ0) is 23.0. The van der Waals surface area contributed by atoms with E-state index in [0.717, 1.165) is 5.56 Å². The number of amides is 2. The van der Waals surface area contributed by atoms with Crippen LogP contribution in [-0.2, 0) is 11.3 Å². The lowest BCUT2D eigenvalue weighted by Crippen LogP contribution is -2.17. The average Bonchev–Trinajstić information content (AvgIpc) is 3.30. The third-order valence-electron chi connectivity index (χ3n) is 5.13. The molecule has 0 aliphatic carbocycles. The fourth-order valence-corrected chi connectivity index (χ4v) is 3.37. The van der Waals surface area contributed by atoms with E-state index in [1.54, 1.807) is 18.2 Å². The van der Waals surface area contributed by atoms with Crippen LogP contribution in [0.4, 0.5) is 11.4 Å². The van der Waals surface area contributed by atoms with E-state index in [1.807, 2.05) is 67.6 Å². The van der Waals surface area contributed by atoms with Crippen molar-refractivity contribution >= 4 is 23.2 Å². The Kier molecular flexibility index (Phi) is 6.84. The largest absolute Gasteiger partial charge is 0.326 e. The van der Waals surface area contributed by atoms with Crippen molar-refractivity contribution in [3.05, 3.63) is 90.0 Å². The van der Waals surface area contributed by atoms with Gasteiger partial charge in [-0.1, -0.05) is 54.6 Å². The Bertz CT molecular complexity index is 1240. The topological polar surface area (TPSA) is 102 Å². The van der Waals surface area contributed by atoms with Crippen molar-refractivity contribution in [3.8, 4) is 11.4 Å². The summed E-state index contributed by atoms with van der Waals surface area (Å²) in [4.78, 5) is 26.6. The van der Waals surface area contributed by atoms with Crippen molar-refractivity contribution in [1.29, 1.82) is 0 Å². The Morgan fingerprint density at radius 2 is 1.61 bits per heavy atom. The third kappa shape index (κ3) is 5.68. The van der Waals surface area contributed by atoms with Gasteiger partial charge in [-0.25, -0.2) is 0 Å². The van der Waals surface area contributed by atoms with Crippen molar-refractivity contribution in [2.24, 2.45) is 0 Å². The molecule has 1 aromatic heterocycles. The number of benzene rings is 3. The molecule has 8 nitrogen and oxygen atoms in total. The first-order valence-electron chi connectivity index (χ1n) is 10.7. The summed E-state index contributed by atoms with van der Waals surface area (Å²) in [6, 6.07) is 24.2. The Hall–Kier alpha value is -4.33. The van der Waals surface area contributed by atoms with Crippen LogP contribution in [0.15, 0.2) is 78.9 Å². The summed E-state index contributed by atoms with van der Waals surface area (Å²) in [6.45, 7) is 2.30. The zero-order valence-corrected chi connectivity index (χ0v) is 18.2. The predicted octanol–water partition coefficient (Wildman–Crippen LogP) is 4.32. The summed E-state index contributed by atoms with van der Waals surface area (Å²) in [7, 11) is 0. The van der Waals surface area contributed by atoms with Crippen molar-refractivity contribution in [1.82, 2.24) is 20.2 Å². The molecule has 1 heterocycles. The quantitative estimate of drug-likeness (QED) is 0.425. The maximum absolute atomic E-state index is 12.7. The molecule has 0 unspecified atom stereocenters. The lowest BCUT2D eigenvalue weighted by molar-refractivity contribution is -0.116. The number of hydrogen-bond acceptors (Lipinski definition) is 5. The van der Waals surface area contributed by atoms with Gasteiger partial charge in [0.1, 0.15) is 0 Å². The van der Waals surface area contributed by atoms with Gasteiger partial charge in [-0.15, -0.1) is 10.2 Å². The van der Waals surface area contributed by atoms with E-state index in [9.17, 15) is 9.59 Å². The normalized spacial score (nSPS) is 10.6. The van der Waals surface area contributed by atoms with E-state index in [1.165, 1.54) is 4.80 Å². The molecule has 4 aromatic rings. The number of aromatic nitrogens is 4. The van der Waals surface area contributed by atoms with Crippen LogP contribution in [0.25, 0.3) is 11.4 Å². The van der Waals surface area contributed by atoms with E-state index in [-0.39, 0.29) is 11.8 Å². The number of aryl methyl sites for hydroxylation is 1. The van der Waals surface area contributed by atoms with Crippen LogP contribution < -0.4 is 10.6 Å². The number of hydrogen-bond donors (Lipinski definition) is 2. The standard InChI is InChI=1S/C25H24N6O2/c1-18-21(25(33)26-20-12-6-3-7-13-20)14-8-15-22(18)27-23(32)16-9-17-31-29-24(28-30-31)19-10-4-2-5-11-19/h2-8,10-15H,9,16-17H2,1H3,(H,26,33)(H,27,32). The van der Waals surface area contributed by atoms with Gasteiger partial charge in [0.25, 0.3) is 5.91 Å². The molecule has 4 rings (SSSR count). The molecule has 0 aliphatic rings. The fraction of sp³-hybridized carbons (Fsp3) is 0.160. The minimum atomic E-state index is -0.221. The molecule has 0 bridgehead atoms. The lowest BCUT2D eigenvalue weighted by atomic mass is 10.1. The molecule has 0 aliphatic heterocycles. The molecule has 2 amide bonds. The van der Waals surface area contributed by atoms with Gasteiger partial charge in [-0.05, 0) is 48.4 Å². The van der Waals surface area contributed by atoms with Crippen molar-refractivity contribution in [2.75, 3.05) is 10.6 Å². The molecule has 0 atom stereocenters. The highest BCUT2D eigenvalue weighted by Crippen LogP contribution is 2.21. The number of nitrogens with zero attached hydrogens (tertiary/aromatic N) is 4. The Morgan fingerprint density at radius 3 is 2.36 bits per heavy atom. The van der Waals surface area contributed by atoms with Gasteiger partial charge in [-0.3, -0.25) is 9.59 Å². The summed E-state index contributed by atoms with van der Waals surface area (Å²) in [5.74, 6) is 0.199. The molecular formula is C25H24N6O2. The molecule has 33 heavy (non-hydrogen) atoms. The number of nitrogens with one attached hydrogen (secondary N) is 2. The molecule has 0 fully saturated rings. The van der Waals surface area contributed by atoms with Crippen LogP contribution >= 0.6 is 0 Å². The number of rotatable bonds is 8. The van der Waals surface area contributed by atoms with Crippen LogP contribution in [0, 0.1) is 6.92 Å². The van der Waals surface area contributed by atoms with Crippen molar-refractivity contribution in [2.45, 2.75) is 26.3 Å². The van der Waals surface area contributed by atoms with Gasteiger partial charge in [0.05, 0.1) is 6.54 Å². The second-order valence-electron chi connectivity index (χ2n) is 7.52. The van der Waals surface area contributed by atoms with Gasteiger partial charge in [-0.2, -0.15) is 4.80 Å². The van der Waals surface area contributed by atoms with E-state index in [0.29, 0.717) is 47.7 Å². The molecule has 0 spiro atoms. The smallest absolute Gasteiger partial charge is 0.256 e. The van der Waals surface area contributed by atoms with Crippen molar-refractivity contribution in [3.63, 3.8) is 0 Å². The van der Waals surface area contributed by atoms with Crippen molar-refractivity contribution < 1.29 is 9.59 Å². The molecule has 2 N–H and O–H groups in total. The van der Waals surface area contributed by atoms with Crippen LogP contribution in [0.5, 0.6) is 0 Å². The van der Waals surface area contributed by atoms with Gasteiger partial charge in [0, 0.05) is 28.9 Å². The minimum Gasteiger partial charge on any atom is -0.326 e. The summed E-state index contributed by atoms with van der Waals surface area (Å²) in [6.07, 6.45) is 0.853. The first kappa shape index (κ1) is 21.9. The molecule has 0 saturated carbocycles. The molecule has 8 heteroatoms. The van der Waals surface area contributed by atoms with E-state index < -0.39 is 0 Å². The highest BCUT2D eigenvalue weighted by molar-refractivity contribution is 6.06. The van der Waals surface area contributed by atoms with E-state index in [2.05, 4.69) is 26.0 Å². The Labute approximate surface area is 191 Å². The minimum absolute atomic E-state index is 0.137. The molecule has 0 radical (unpaired) electrons. The van der Waals surface area contributed by atoms with Crippen LogP contribution in [0.1, 0.15) is 28.8 Å². The first-order chi connectivity index (χ1) is 16.1. The molecular weight excluding hydrogens is 416 g/mol. The maximum Gasteiger partial charge on any atom is 0.256 e. The van der Waals surface area contributed by atoms with Gasteiger partial charge < -0.3 is 10.6 Å². The van der Waals surface area contributed by atoms with Gasteiger partial charge in [0.2, 0.25) is 11.7 Å². The number of carbonyl (C=O) groups excluding carboxylic acids is 2. The monoisotopic (exact) mass is 440 g/mol. The molecule has 0 saturated heterocycles. The van der Waals surface area contributed by atoms with Crippen LogP contribution in [0.2, 0.25) is 0 Å². The Morgan fingerprint density at radius 1 is 0.879 bits per heavy atom. The van der Waals surface area contributed by atoms with Crippen LogP contribution in [-0.4, -0.2) is 32.0 Å². The van der Waals surface area contributed by atoms with Gasteiger partial charge >= 0.3 is 0 Å². The number of tetrazole rings is 1. The highest BCUT2D eigenvalue weighted by Gasteiger charge is 2.14. The summed E-state index contributed by atoms with van der Waals surface area (Å²) in [5.41, 5.74) is 3.45. The second kappa shape index (κ2) is 10.3. The average molecular weight is 441 g/mol. The predicted molar refractivity (Wildman–Crippen MR) is 127 cm³/mol. The lowest BCUT2D eigenvalue weighted by Gasteiger charge is -2.13. The number of anilines is 2. The van der Waals surface area contributed by atoms with E-state index in [4.69, 9.17) is 0 Å². The highest BCUT2D eigenvalue weighted by atomic mass is 16.2. The number of carbonyl (C=O) groups is 2. The SMILES string of the molecule is Cc1c(NC(=O)CCCn2nnc(-c3ccccc3)n2)cccc1C(=O)Nc1ccccc1. The summed E-state index contributed by atoms with van der Waals surface area (Å²) < 4.78 is 0. The zero-order valence-electron chi connectivity index (χ0n) is 18.2. The second-order valence-corrected chi connectivity index (χ2v) is 7.52. The maximum atomic E-state index is 12.7. The third-order valence-corrected chi connectivity index (χ3v) is 5.13. The van der Waals surface area contributed by atoms with E-state index >= 15 is 0 Å². The van der Waals surface area contributed by atoms with Crippen LogP contribution in [0.3, 0.4) is 0 Å². The molecule has 3 aromatic carbocycles. The van der Waals surface area contributed by atoms with Gasteiger partial charge in [0.15, 0.2) is 0 Å². The fourth-order valence-electron chi connectivity index (χ4n) is 3.37. The Balaban J connectivity index is 1.31.